The Bertz CT molecular complexity index is 319. The molecule has 1 saturated carbocycles. The topological polar surface area (TPSA) is 55.0 Å². The Balaban J connectivity index is 2.07. The molecule has 2 N–H and O–H groups in total. The number of hydrogen-bond donors (Lipinski definition) is 1. The Morgan fingerprint density at radius 2 is 2.12 bits per heavy atom. The van der Waals surface area contributed by atoms with E-state index < -0.39 is 0 Å². The van der Waals surface area contributed by atoms with Crippen LogP contribution in [0.2, 0.25) is 0 Å². The van der Waals surface area contributed by atoms with Gasteiger partial charge in [-0.3, -0.25) is 0 Å². The number of aromatic nitrogens is 2. The molecule has 1 aromatic heterocycles. The van der Waals surface area contributed by atoms with Gasteiger partial charge >= 0.3 is 0 Å². The number of rotatable bonds is 4. The SMILES string of the molecule is CCCN(c1cccnn1)C1CCC(N)CC1. The van der Waals surface area contributed by atoms with Crippen molar-refractivity contribution < 1.29 is 0 Å². The van der Waals surface area contributed by atoms with Gasteiger partial charge in [0.2, 0.25) is 0 Å². The molecular formula is C13H22N4. The maximum absolute atomic E-state index is 5.96. The monoisotopic (exact) mass is 234 g/mol. The van der Waals surface area contributed by atoms with Gasteiger partial charge in [0.15, 0.2) is 5.82 Å². The van der Waals surface area contributed by atoms with Gasteiger partial charge in [-0.25, -0.2) is 0 Å². The third-order valence-corrected chi connectivity index (χ3v) is 3.50. The van der Waals surface area contributed by atoms with Gasteiger partial charge in [0.05, 0.1) is 0 Å². The Morgan fingerprint density at radius 1 is 1.35 bits per heavy atom. The summed E-state index contributed by atoms with van der Waals surface area (Å²) in [5.74, 6) is 1.01. The van der Waals surface area contributed by atoms with Crippen molar-refractivity contribution >= 4 is 5.82 Å². The molecular weight excluding hydrogens is 212 g/mol. The van der Waals surface area contributed by atoms with Crippen LogP contribution in [0.1, 0.15) is 39.0 Å². The van der Waals surface area contributed by atoms with Crippen molar-refractivity contribution in [2.24, 2.45) is 5.73 Å². The minimum absolute atomic E-state index is 0.400. The zero-order chi connectivity index (χ0) is 12.1. The van der Waals surface area contributed by atoms with Crippen LogP contribution in [-0.4, -0.2) is 28.8 Å². The molecule has 2 rings (SSSR count). The van der Waals surface area contributed by atoms with E-state index in [1.54, 1.807) is 6.20 Å². The number of anilines is 1. The third-order valence-electron chi connectivity index (χ3n) is 3.50. The fraction of sp³-hybridized carbons (Fsp3) is 0.692. The average Bonchev–Trinajstić information content (AvgIpc) is 2.38. The molecule has 0 amide bonds. The van der Waals surface area contributed by atoms with E-state index in [-0.39, 0.29) is 0 Å². The second-order valence-corrected chi connectivity index (χ2v) is 4.84. The van der Waals surface area contributed by atoms with Gasteiger partial charge in [-0.05, 0) is 44.2 Å². The summed E-state index contributed by atoms with van der Waals surface area (Å²) in [7, 11) is 0. The van der Waals surface area contributed by atoms with E-state index >= 15 is 0 Å². The van der Waals surface area contributed by atoms with Crippen molar-refractivity contribution in [3.05, 3.63) is 18.3 Å². The fourth-order valence-corrected chi connectivity index (χ4v) is 2.58. The lowest BCUT2D eigenvalue weighted by Gasteiger charge is -2.36. The van der Waals surface area contributed by atoms with Gasteiger partial charge < -0.3 is 10.6 Å². The normalized spacial score (nSPS) is 24.6. The Morgan fingerprint density at radius 3 is 2.71 bits per heavy atom. The van der Waals surface area contributed by atoms with Crippen LogP contribution < -0.4 is 10.6 Å². The summed E-state index contributed by atoms with van der Waals surface area (Å²) in [6.45, 7) is 3.26. The highest BCUT2D eigenvalue weighted by atomic mass is 15.3. The van der Waals surface area contributed by atoms with E-state index in [2.05, 4.69) is 28.1 Å². The van der Waals surface area contributed by atoms with E-state index in [1.807, 2.05) is 6.07 Å². The predicted octanol–water partition coefficient (Wildman–Crippen LogP) is 1.96. The van der Waals surface area contributed by atoms with E-state index in [0.29, 0.717) is 12.1 Å². The molecule has 0 spiro atoms. The number of hydrogen-bond acceptors (Lipinski definition) is 4. The summed E-state index contributed by atoms with van der Waals surface area (Å²) < 4.78 is 0. The van der Waals surface area contributed by atoms with E-state index in [4.69, 9.17) is 5.73 Å². The van der Waals surface area contributed by atoms with E-state index in [1.165, 1.54) is 12.8 Å². The molecule has 0 radical (unpaired) electrons. The molecule has 0 atom stereocenters. The Labute approximate surface area is 103 Å². The molecule has 17 heavy (non-hydrogen) atoms. The Kier molecular flexibility index (Phi) is 4.31. The molecule has 0 unspecified atom stereocenters. The second kappa shape index (κ2) is 5.96. The lowest BCUT2D eigenvalue weighted by atomic mass is 9.90. The standard InChI is InChI=1S/C13H22N4/c1-2-10-17(13-4-3-9-15-16-13)12-7-5-11(14)6-8-12/h3-4,9,11-12H,2,5-8,10,14H2,1H3. The summed E-state index contributed by atoms with van der Waals surface area (Å²) in [5.41, 5.74) is 5.96. The highest BCUT2D eigenvalue weighted by molar-refractivity contribution is 5.38. The zero-order valence-electron chi connectivity index (χ0n) is 10.5. The summed E-state index contributed by atoms with van der Waals surface area (Å²) in [6, 6.07) is 5.00. The molecule has 1 fully saturated rings. The Hall–Kier alpha value is -1.16. The molecule has 0 aliphatic heterocycles. The first-order chi connectivity index (χ1) is 8.31. The maximum atomic E-state index is 5.96. The first-order valence-corrected chi connectivity index (χ1v) is 6.61. The van der Waals surface area contributed by atoms with Crippen LogP contribution in [0.3, 0.4) is 0 Å². The summed E-state index contributed by atoms with van der Waals surface area (Å²) >= 11 is 0. The van der Waals surface area contributed by atoms with Crippen LogP contribution >= 0.6 is 0 Å². The molecule has 0 aromatic carbocycles. The molecule has 1 heterocycles. The van der Waals surface area contributed by atoms with Gasteiger partial charge in [0, 0.05) is 24.8 Å². The van der Waals surface area contributed by atoms with Crippen molar-refractivity contribution in [3.8, 4) is 0 Å². The molecule has 94 valence electrons. The molecule has 0 bridgehead atoms. The second-order valence-electron chi connectivity index (χ2n) is 4.84. The largest absolute Gasteiger partial charge is 0.352 e. The highest BCUT2D eigenvalue weighted by Gasteiger charge is 2.24. The van der Waals surface area contributed by atoms with Crippen molar-refractivity contribution in [2.45, 2.75) is 51.1 Å². The zero-order valence-corrected chi connectivity index (χ0v) is 10.5. The molecule has 4 heteroatoms. The van der Waals surface area contributed by atoms with Crippen LogP contribution in [-0.2, 0) is 0 Å². The number of nitrogens with zero attached hydrogens (tertiary/aromatic N) is 3. The van der Waals surface area contributed by atoms with Gasteiger partial charge in [0.25, 0.3) is 0 Å². The quantitative estimate of drug-likeness (QED) is 0.865. The van der Waals surface area contributed by atoms with Crippen molar-refractivity contribution in [3.63, 3.8) is 0 Å². The molecule has 4 nitrogen and oxygen atoms in total. The lowest BCUT2D eigenvalue weighted by molar-refractivity contribution is 0.373. The number of nitrogens with two attached hydrogens (primary N) is 1. The van der Waals surface area contributed by atoms with Crippen molar-refractivity contribution in [2.75, 3.05) is 11.4 Å². The van der Waals surface area contributed by atoms with Crippen LogP contribution in [0.4, 0.5) is 5.82 Å². The molecule has 1 aliphatic carbocycles. The van der Waals surface area contributed by atoms with Crippen LogP contribution in [0.25, 0.3) is 0 Å². The van der Waals surface area contributed by atoms with Crippen LogP contribution in [0.15, 0.2) is 18.3 Å². The third kappa shape index (κ3) is 3.16. The van der Waals surface area contributed by atoms with Crippen LogP contribution in [0, 0.1) is 0 Å². The highest BCUT2D eigenvalue weighted by Crippen LogP contribution is 2.25. The van der Waals surface area contributed by atoms with Gasteiger partial charge in [-0.15, -0.1) is 5.10 Å². The molecule has 0 saturated heterocycles. The van der Waals surface area contributed by atoms with Crippen LogP contribution in [0.5, 0.6) is 0 Å². The minimum Gasteiger partial charge on any atom is -0.352 e. The summed E-state index contributed by atoms with van der Waals surface area (Å²) in [5, 5.41) is 8.22. The predicted molar refractivity (Wildman–Crippen MR) is 69.9 cm³/mol. The average molecular weight is 234 g/mol. The van der Waals surface area contributed by atoms with E-state index in [9.17, 15) is 0 Å². The van der Waals surface area contributed by atoms with Crippen molar-refractivity contribution in [1.29, 1.82) is 0 Å². The van der Waals surface area contributed by atoms with Gasteiger partial charge in [-0.2, -0.15) is 5.10 Å². The molecule has 1 aliphatic rings. The summed E-state index contributed by atoms with van der Waals surface area (Å²) in [4.78, 5) is 2.40. The maximum Gasteiger partial charge on any atom is 0.151 e. The van der Waals surface area contributed by atoms with E-state index in [0.717, 1.165) is 31.6 Å². The first kappa shape index (κ1) is 12.3. The first-order valence-electron chi connectivity index (χ1n) is 6.61. The van der Waals surface area contributed by atoms with Crippen molar-refractivity contribution in [1.82, 2.24) is 10.2 Å². The van der Waals surface area contributed by atoms with Gasteiger partial charge in [0.1, 0.15) is 0 Å². The smallest absolute Gasteiger partial charge is 0.151 e. The fourth-order valence-electron chi connectivity index (χ4n) is 2.58. The molecule has 1 aromatic rings. The van der Waals surface area contributed by atoms with Gasteiger partial charge in [-0.1, -0.05) is 6.92 Å². The lowest BCUT2D eigenvalue weighted by Crippen LogP contribution is -2.41. The summed E-state index contributed by atoms with van der Waals surface area (Å²) in [6.07, 6.45) is 7.48. The minimum atomic E-state index is 0.400.